The highest BCUT2D eigenvalue weighted by atomic mass is 35.5. The molecule has 1 saturated carbocycles. The number of anilines is 1. The van der Waals surface area contributed by atoms with E-state index in [1.54, 1.807) is 0 Å². The number of carbonyl (C=O) groups is 1. The number of rotatable bonds is 9. The maximum absolute atomic E-state index is 11.5. The Balaban J connectivity index is 1.71. The molecule has 2 N–H and O–H groups in total. The number of aromatic nitrogens is 3. The number of nitrogens with zero attached hydrogens (tertiary/aromatic N) is 3. The zero-order valence-corrected chi connectivity index (χ0v) is 12.8. The molecule has 0 aliphatic heterocycles. The van der Waals surface area contributed by atoms with Gasteiger partial charge < -0.3 is 15.4 Å². The predicted molar refractivity (Wildman–Crippen MR) is 79.5 cm³/mol. The Morgan fingerprint density at radius 1 is 1.38 bits per heavy atom. The highest BCUT2D eigenvalue weighted by Crippen LogP contribution is 2.18. The molecule has 0 aromatic carbocycles. The van der Waals surface area contributed by atoms with Crippen molar-refractivity contribution < 1.29 is 9.53 Å². The van der Waals surface area contributed by atoms with Gasteiger partial charge in [-0.1, -0.05) is 6.92 Å². The molecule has 1 aliphatic rings. The average molecular weight is 314 g/mol. The van der Waals surface area contributed by atoms with Crippen LogP contribution in [0.15, 0.2) is 0 Å². The monoisotopic (exact) mass is 313 g/mol. The molecular weight excluding hydrogens is 294 g/mol. The molecule has 1 fully saturated rings. The summed E-state index contributed by atoms with van der Waals surface area (Å²) in [6.45, 7) is 3.11. The number of halogens is 1. The fourth-order valence-corrected chi connectivity index (χ4v) is 1.80. The van der Waals surface area contributed by atoms with Crippen molar-refractivity contribution in [1.29, 1.82) is 0 Å². The summed E-state index contributed by atoms with van der Waals surface area (Å²) in [6, 6.07) is 0.622. The Kier molecular flexibility index (Phi) is 5.98. The third-order valence-corrected chi connectivity index (χ3v) is 3.00. The molecule has 8 heteroatoms. The summed E-state index contributed by atoms with van der Waals surface area (Å²) in [5.74, 6) is 0.462. The second-order valence-electron chi connectivity index (χ2n) is 4.93. The van der Waals surface area contributed by atoms with E-state index in [2.05, 4.69) is 25.6 Å². The van der Waals surface area contributed by atoms with E-state index in [9.17, 15) is 4.79 Å². The SMILES string of the molecule is CCCOc1nc(Cl)nc(NCCCC(=O)NC2CC2)n1. The smallest absolute Gasteiger partial charge is 0.322 e. The predicted octanol–water partition coefficient (Wildman–Crippen LogP) is 1.78. The van der Waals surface area contributed by atoms with E-state index in [-0.39, 0.29) is 17.2 Å². The summed E-state index contributed by atoms with van der Waals surface area (Å²) in [4.78, 5) is 23.5. The Labute approximate surface area is 128 Å². The van der Waals surface area contributed by atoms with Crippen LogP contribution in [0.2, 0.25) is 5.28 Å². The lowest BCUT2D eigenvalue weighted by molar-refractivity contribution is -0.121. The maximum Gasteiger partial charge on any atom is 0.322 e. The van der Waals surface area contributed by atoms with E-state index >= 15 is 0 Å². The lowest BCUT2D eigenvalue weighted by atomic mass is 10.3. The van der Waals surface area contributed by atoms with Gasteiger partial charge in [0.05, 0.1) is 6.61 Å². The molecule has 0 atom stereocenters. The van der Waals surface area contributed by atoms with Crippen molar-refractivity contribution in [3.05, 3.63) is 5.28 Å². The van der Waals surface area contributed by atoms with Crippen LogP contribution in [0.5, 0.6) is 6.01 Å². The number of carbonyl (C=O) groups excluding carboxylic acids is 1. The van der Waals surface area contributed by atoms with Gasteiger partial charge in [-0.05, 0) is 37.3 Å². The fraction of sp³-hybridized carbons (Fsp3) is 0.692. The van der Waals surface area contributed by atoms with Crippen molar-refractivity contribution in [2.45, 2.75) is 45.1 Å². The molecule has 1 aliphatic carbocycles. The molecule has 0 unspecified atom stereocenters. The van der Waals surface area contributed by atoms with Gasteiger partial charge in [0.2, 0.25) is 17.1 Å². The first-order valence-electron chi connectivity index (χ1n) is 7.25. The molecule has 1 aromatic heterocycles. The Bertz CT molecular complexity index is 482. The lowest BCUT2D eigenvalue weighted by Crippen LogP contribution is -2.25. The summed E-state index contributed by atoms with van der Waals surface area (Å²) in [6.07, 6.45) is 4.26. The normalized spacial score (nSPS) is 13.8. The molecule has 116 valence electrons. The molecular formula is C13H20ClN5O2. The minimum Gasteiger partial charge on any atom is -0.463 e. The molecule has 1 aromatic rings. The number of amides is 1. The molecule has 0 radical (unpaired) electrons. The largest absolute Gasteiger partial charge is 0.463 e. The van der Waals surface area contributed by atoms with Gasteiger partial charge in [0.25, 0.3) is 0 Å². The van der Waals surface area contributed by atoms with E-state index in [0.29, 0.717) is 38.0 Å². The topological polar surface area (TPSA) is 89.0 Å². The number of ether oxygens (including phenoxy) is 1. The van der Waals surface area contributed by atoms with Gasteiger partial charge in [-0.25, -0.2) is 0 Å². The molecule has 0 bridgehead atoms. The first kappa shape index (κ1) is 15.8. The Hall–Kier alpha value is -1.63. The molecule has 21 heavy (non-hydrogen) atoms. The molecule has 1 amide bonds. The number of hydrogen-bond donors (Lipinski definition) is 2. The average Bonchev–Trinajstić information content (AvgIpc) is 3.25. The Morgan fingerprint density at radius 2 is 2.19 bits per heavy atom. The van der Waals surface area contributed by atoms with Crippen molar-refractivity contribution in [3.8, 4) is 6.01 Å². The summed E-state index contributed by atoms with van der Waals surface area (Å²) >= 11 is 5.81. The molecule has 7 nitrogen and oxygen atoms in total. The summed E-state index contributed by atoms with van der Waals surface area (Å²) in [5, 5.41) is 6.05. The van der Waals surface area contributed by atoms with E-state index in [1.165, 1.54) is 0 Å². The third kappa shape index (κ3) is 6.12. The number of nitrogens with one attached hydrogen (secondary N) is 2. The van der Waals surface area contributed by atoms with Crippen LogP contribution in [0, 0.1) is 0 Å². The zero-order chi connectivity index (χ0) is 15.1. The molecule has 2 rings (SSSR count). The molecule has 0 spiro atoms. The van der Waals surface area contributed by atoms with Gasteiger partial charge in [0, 0.05) is 19.0 Å². The maximum atomic E-state index is 11.5. The van der Waals surface area contributed by atoms with Crippen molar-refractivity contribution in [3.63, 3.8) is 0 Å². The van der Waals surface area contributed by atoms with Crippen LogP contribution in [-0.4, -0.2) is 40.1 Å². The van der Waals surface area contributed by atoms with Gasteiger partial charge in [-0.15, -0.1) is 0 Å². The minimum absolute atomic E-state index is 0.0880. The van der Waals surface area contributed by atoms with Crippen LogP contribution in [0.25, 0.3) is 0 Å². The first-order valence-corrected chi connectivity index (χ1v) is 7.62. The van der Waals surface area contributed by atoms with E-state index in [1.807, 2.05) is 6.92 Å². The van der Waals surface area contributed by atoms with Gasteiger partial charge >= 0.3 is 6.01 Å². The zero-order valence-electron chi connectivity index (χ0n) is 12.1. The van der Waals surface area contributed by atoms with Crippen LogP contribution in [0.4, 0.5) is 5.95 Å². The quantitative estimate of drug-likeness (QED) is 0.676. The van der Waals surface area contributed by atoms with Crippen molar-refractivity contribution in [2.75, 3.05) is 18.5 Å². The van der Waals surface area contributed by atoms with E-state index < -0.39 is 0 Å². The second kappa shape index (κ2) is 7.97. The summed E-state index contributed by atoms with van der Waals surface area (Å²) < 4.78 is 5.32. The van der Waals surface area contributed by atoms with Gasteiger partial charge in [0.1, 0.15) is 0 Å². The minimum atomic E-state index is 0.0880. The van der Waals surface area contributed by atoms with Crippen LogP contribution < -0.4 is 15.4 Å². The van der Waals surface area contributed by atoms with Crippen LogP contribution in [0.3, 0.4) is 0 Å². The Morgan fingerprint density at radius 3 is 2.90 bits per heavy atom. The molecule has 1 heterocycles. The van der Waals surface area contributed by atoms with E-state index in [0.717, 1.165) is 19.3 Å². The fourth-order valence-electron chi connectivity index (χ4n) is 1.65. The van der Waals surface area contributed by atoms with Gasteiger partial charge in [0.15, 0.2) is 0 Å². The van der Waals surface area contributed by atoms with Crippen molar-refractivity contribution in [2.24, 2.45) is 0 Å². The summed E-state index contributed by atoms with van der Waals surface area (Å²) in [7, 11) is 0. The summed E-state index contributed by atoms with van der Waals surface area (Å²) in [5.41, 5.74) is 0. The van der Waals surface area contributed by atoms with Crippen LogP contribution >= 0.6 is 11.6 Å². The van der Waals surface area contributed by atoms with E-state index in [4.69, 9.17) is 16.3 Å². The van der Waals surface area contributed by atoms with Gasteiger partial charge in [-0.2, -0.15) is 15.0 Å². The number of hydrogen-bond acceptors (Lipinski definition) is 6. The third-order valence-electron chi connectivity index (χ3n) is 2.83. The molecule has 0 saturated heterocycles. The van der Waals surface area contributed by atoms with Crippen molar-refractivity contribution >= 4 is 23.5 Å². The van der Waals surface area contributed by atoms with Crippen LogP contribution in [-0.2, 0) is 4.79 Å². The highest BCUT2D eigenvalue weighted by molar-refractivity contribution is 6.28. The standard InChI is InChI=1S/C13H20ClN5O2/c1-2-8-21-13-18-11(14)17-12(19-13)15-7-3-4-10(20)16-9-5-6-9/h9H,2-8H2,1H3,(H,16,20)(H,15,17,18,19). The second-order valence-corrected chi connectivity index (χ2v) is 5.27. The first-order chi connectivity index (χ1) is 10.2. The lowest BCUT2D eigenvalue weighted by Gasteiger charge is -2.07. The van der Waals surface area contributed by atoms with Crippen molar-refractivity contribution in [1.82, 2.24) is 20.3 Å². The van der Waals surface area contributed by atoms with Crippen LogP contribution in [0.1, 0.15) is 39.0 Å². The highest BCUT2D eigenvalue weighted by Gasteiger charge is 2.22. The van der Waals surface area contributed by atoms with Gasteiger partial charge in [-0.3, -0.25) is 4.79 Å².